The van der Waals surface area contributed by atoms with Crippen LogP contribution in [0.25, 0.3) is 11.3 Å². The van der Waals surface area contributed by atoms with E-state index in [1.165, 1.54) is 0 Å². The highest BCUT2D eigenvalue weighted by Gasteiger charge is 2.25. The summed E-state index contributed by atoms with van der Waals surface area (Å²) >= 11 is 0. The average Bonchev–Trinajstić information content (AvgIpc) is 2.90. The summed E-state index contributed by atoms with van der Waals surface area (Å²) in [4.78, 5) is 19.3. The molecule has 1 fully saturated rings. The van der Waals surface area contributed by atoms with E-state index < -0.39 is 0 Å². The zero-order valence-electron chi connectivity index (χ0n) is 22.6. The second kappa shape index (κ2) is 13.8. The van der Waals surface area contributed by atoms with Crippen LogP contribution in [0.3, 0.4) is 0 Å². The van der Waals surface area contributed by atoms with Gasteiger partial charge in [-0.25, -0.2) is 0 Å². The van der Waals surface area contributed by atoms with Gasteiger partial charge in [-0.2, -0.15) is 0 Å². The fourth-order valence-electron chi connectivity index (χ4n) is 4.02. The first-order valence-electron chi connectivity index (χ1n) is 12.3. The number of ether oxygens (including phenoxy) is 1. The third kappa shape index (κ3) is 7.42. The first-order valence-corrected chi connectivity index (χ1v) is 12.3. The molecule has 2 aromatic carbocycles. The average molecular weight is 500 g/mol. The molecule has 0 unspecified atom stereocenters. The molecule has 3 N–H and O–H groups in total. The number of nitrogens with one attached hydrogen (secondary N) is 3. The number of rotatable bonds is 7. The van der Waals surface area contributed by atoms with Crippen molar-refractivity contribution < 1.29 is 9.53 Å². The summed E-state index contributed by atoms with van der Waals surface area (Å²) in [6.07, 6.45) is 9.71. The Morgan fingerprint density at radius 3 is 2.30 bits per heavy atom. The summed E-state index contributed by atoms with van der Waals surface area (Å²) in [6.45, 7) is 9.48. The summed E-state index contributed by atoms with van der Waals surface area (Å²) in [6, 6.07) is 15.3. The Balaban J connectivity index is 0.00000115. The van der Waals surface area contributed by atoms with Gasteiger partial charge in [0.25, 0.3) is 5.91 Å². The van der Waals surface area contributed by atoms with Gasteiger partial charge in [0, 0.05) is 66.6 Å². The van der Waals surface area contributed by atoms with Crippen LogP contribution in [0, 0.1) is 25.2 Å². The molecule has 0 aliphatic carbocycles. The van der Waals surface area contributed by atoms with Crippen LogP contribution in [0.2, 0.25) is 0 Å². The molecule has 37 heavy (non-hydrogen) atoms. The lowest BCUT2D eigenvalue weighted by molar-refractivity contribution is 0.0857. The van der Waals surface area contributed by atoms with E-state index in [-0.39, 0.29) is 11.9 Å². The molecule has 1 amide bonds. The van der Waals surface area contributed by atoms with Crippen molar-refractivity contribution in [2.24, 2.45) is 0 Å². The number of hydrogen-bond acceptors (Lipinski definition) is 6. The number of likely N-dealkylation sites (N-methyl/N-ethyl adjacent to an activating group) is 1. The van der Waals surface area contributed by atoms with Gasteiger partial charge in [0.1, 0.15) is 11.5 Å². The monoisotopic (exact) mass is 499 g/mol. The topological polar surface area (TPSA) is 90.3 Å². The fraction of sp³-hybridized carbons (Fsp3) is 0.300. The number of amides is 1. The van der Waals surface area contributed by atoms with Crippen molar-refractivity contribution in [1.82, 2.24) is 15.2 Å². The number of benzene rings is 2. The highest BCUT2D eigenvalue weighted by atomic mass is 16.5. The zero-order valence-corrected chi connectivity index (χ0v) is 22.6. The van der Waals surface area contributed by atoms with E-state index in [1.807, 2.05) is 83.4 Å². The highest BCUT2D eigenvalue weighted by molar-refractivity contribution is 6.01. The van der Waals surface area contributed by atoms with Crippen molar-refractivity contribution in [3.8, 4) is 35.6 Å². The van der Waals surface area contributed by atoms with Gasteiger partial charge in [-0.15, -0.1) is 12.8 Å². The Morgan fingerprint density at radius 2 is 1.70 bits per heavy atom. The third-order valence-electron chi connectivity index (χ3n) is 5.80. The smallest absolute Gasteiger partial charge is 0.251 e. The molecule has 4 rings (SSSR count). The number of anilines is 1. The molecule has 0 saturated carbocycles. The number of pyridine rings is 1. The predicted octanol–water partition coefficient (Wildman–Crippen LogP) is 5.60. The number of likely N-dealkylation sites (tertiary alicyclic amines) is 1. The highest BCUT2D eigenvalue weighted by Crippen LogP contribution is 2.30. The Kier molecular flexibility index (Phi) is 10.9. The number of nitrogens with zero attached hydrogens (tertiary/aromatic N) is 2. The maximum Gasteiger partial charge on any atom is 0.251 e. The maximum absolute atomic E-state index is 12.6. The van der Waals surface area contributed by atoms with Crippen LogP contribution in [0.4, 0.5) is 5.69 Å². The standard InChI is InChI=1S/C26H29N5O2.C2H6.C2H2/c1-16-11-18(5-7-22(16)26(32)30-19-14-31(4)15-19)24-12-21(9-10-29-24)33-20-6-8-23(17(2)27)25(13-20)28-3;2*1-2/h5-13,19,27-28H,14-15H2,1-4H3,(H,30,32);1-2H3;1-2H. The Morgan fingerprint density at radius 1 is 1.05 bits per heavy atom. The van der Waals surface area contributed by atoms with Gasteiger partial charge in [-0.05, 0) is 56.8 Å². The van der Waals surface area contributed by atoms with E-state index >= 15 is 0 Å². The number of carbonyl (C=O) groups excluding carboxylic acids is 1. The Hall–Kier alpha value is -4.15. The predicted molar refractivity (Wildman–Crippen MR) is 153 cm³/mol. The third-order valence-corrected chi connectivity index (χ3v) is 5.80. The largest absolute Gasteiger partial charge is 0.457 e. The van der Waals surface area contributed by atoms with Gasteiger partial charge in [0.15, 0.2) is 0 Å². The van der Waals surface area contributed by atoms with Crippen LogP contribution in [0.1, 0.15) is 42.3 Å². The lowest BCUT2D eigenvalue weighted by Gasteiger charge is -2.36. The normalized spacial score (nSPS) is 12.5. The fourth-order valence-corrected chi connectivity index (χ4v) is 4.02. The van der Waals surface area contributed by atoms with Crippen LogP contribution in [0.5, 0.6) is 11.5 Å². The van der Waals surface area contributed by atoms with Crippen molar-refractivity contribution >= 4 is 17.3 Å². The van der Waals surface area contributed by atoms with Crippen molar-refractivity contribution in [3.05, 3.63) is 71.4 Å². The molecular weight excluding hydrogens is 462 g/mol. The van der Waals surface area contributed by atoms with Crippen LogP contribution >= 0.6 is 0 Å². The van der Waals surface area contributed by atoms with E-state index in [4.69, 9.17) is 10.1 Å². The molecule has 0 bridgehead atoms. The zero-order chi connectivity index (χ0) is 27.5. The Bertz CT molecular complexity index is 1250. The summed E-state index contributed by atoms with van der Waals surface area (Å²) in [5.41, 5.74) is 5.44. The van der Waals surface area contributed by atoms with E-state index in [0.717, 1.165) is 41.2 Å². The van der Waals surface area contributed by atoms with E-state index in [2.05, 4.69) is 33.4 Å². The minimum Gasteiger partial charge on any atom is -0.457 e. The van der Waals surface area contributed by atoms with Gasteiger partial charge >= 0.3 is 0 Å². The molecule has 7 heteroatoms. The van der Waals surface area contributed by atoms with E-state index in [9.17, 15) is 4.79 Å². The van der Waals surface area contributed by atoms with Crippen LogP contribution in [0.15, 0.2) is 54.7 Å². The molecule has 194 valence electrons. The number of carbonyl (C=O) groups is 1. The second-order valence-electron chi connectivity index (χ2n) is 8.48. The van der Waals surface area contributed by atoms with Gasteiger partial charge in [0.2, 0.25) is 0 Å². The Labute approximate surface area is 220 Å². The lowest BCUT2D eigenvalue weighted by Crippen LogP contribution is -2.57. The quantitative estimate of drug-likeness (QED) is 0.291. The first-order chi connectivity index (χ1) is 17.8. The van der Waals surface area contributed by atoms with Crippen LogP contribution in [-0.2, 0) is 0 Å². The minimum atomic E-state index is -0.0360. The van der Waals surface area contributed by atoms with Crippen molar-refractivity contribution in [3.63, 3.8) is 0 Å². The van der Waals surface area contributed by atoms with Crippen molar-refractivity contribution in [1.29, 1.82) is 5.41 Å². The van der Waals surface area contributed by atoms with Crippen molar-refractivity contribution in [2.45, 2.75) is 33.7 Å². The number of terminal acetylenes is 1. The molecular formula is C30H37N5O2. The summed E-state index contributed by atoms with van der Waals surface area (Å²) in [5, 5.41) is 14.1. The van der Waals surface area contributed by atoms with Gasteiger partial charge in [-0.1, -0.05) is 19.9 Å². The maximum atomic E-state index is 12.6. The molecule has 0 radical (unpaired) electrons. The second-order valence-corrected chi connectivity index (χ2v) is 8.48. The van der Waals surface area contributed by atoms with Crippen LogP contribution < -0.4 is 15.4 Å². The molecule has 1 aromatic heterocycles. The number of aryl methyl sites for hydroxylation is 1. The summed E-state index contributed by atoms with van der Waals surface area (Å²) < 4.78 is 6.06. The first kappa shape index (κ1) is 29.1. The van der Waals surface area contributed by atoms with Crippen molar-refractivity contribution in [2.75, 3.05) is 32.5 Å². The SMILES string of the molecule is C#C.CC.CNc1cc(Oc2ccnc(-c3ccc(C(=O)NC4CN(C)C4)c(C)c3)c2)ccc1C(C)=N. The summed E-state index contributed by atoms with van der Waals surface area (Å²) in [5.74, 6) is 1.30. The molecule has 7 nitrogen and oxygen atoms in total. The lowest BCUT2D eigenvalue weighted by atomic mass is 10.0. The molecule has 2 heterocycles. The van der Waals surface area contributed by atoms with E-state index in [1.54, 1.807) is 13.1 Å². The van der Waals surface area contributed by atoms with Gasteiger partial charge < -0.3 is 25.7 Å². The number of hydrogen-bond donors (Lipinski definition) is 3. The van der Waals surface area contributed by atoms with Gasteiger partial charge in [-0.3, -0.25) is 9.78 Å². The molecule has 0 atom stereocenters. The molecule has 1 aliphatic rings. The summed E-state index contributed by atoms with van der Waals surface area (Å²) in [7, 11) is 3.87. The molecule has 3 aromatic rings. The molecule has 1 saturated heterocycles. The molecule has 1 aliphatic heterocycles. The van der Waals surface area contributed by atoms with Crippen LogP contribution in [-0.4, -0.2) is 54.7 Å². The molecule has 0 spiro atoms. The minimum absolute atomic E-state index is 0.0360. The number of aromatic nitrogens is 1. The van der Waals surface area contributed by atoms with E-state index in [0.29, 0.717) is 22.8 Å². The van der Waals surface area contributed by atoms with Gasteiger partial charge in [0.05, 0.1) is 11.7 Å².